The summed E-state index contributed by atoms with van der Waals surface area (Å²) in [6.45, 7) is 9.93. The van der Waals surface area contributed by atoms with Gasteiger partial charge in [0.05, 0.1) is 0 Å². The molecule has 1 N–H and O–H groups in total. The zero-order valence-electron chi connectivity index (χ0n) is 13.7. The first-order valence-corrected chi connectivity index (χ1v) is 7.90. The molecule has 23 heavy (non-hydrogen) atoms. The summed E-state index contributed by atoms with van der Waals surface area (Å²) in [5.41, 5.74) is 4.78. The van der Waals surface area contributed by atoms with Gasteiger partial charge in [-0.15, -0.1) is 0 Å². The second kappa shape index (κ2) is 5.55. The Labute approximate surface area is 134 Å². The van der Waals surface area contributed by atoms with Crippen LogP contribution in [0, 0.1) is 6.92 Å². The molecule has 1 aliphatic rings. The van der Waals surface area contributed by atoms with E-state index < -0.39 is 5.92 Å². The molecule has 0 spiro atoms. The first kappa shape index (κ1) is 15.8. The molecule has 122 valence electrons. The molecule has 1 aliphatic carbocycles. The van der Waals surface area contributed by atoms with E-state index in [1.165, 1.54) is 0 Å². The molecule has 2 aromatic rings. The van der Waals surface area contributed by atoms with Crippen LogP contribution in [0.5, 0.6) is 0 Å². The third-order valence-electron chi connectivity index (χ3n) is 4.49. The number of nitrogens with zero attached hydrogens (tertiary/aromatic N) is 2. The Bertz CT molecular complexity index is 754. The van der Waals surface area contributed by atoms with Crippen molar-refractivity contribution in [2.75, 3.05) is 0 Å². The number of allylic oxidation sites excluding steroid dienone is 1. The molecule has 3 nitrogen and oxygen atoms in total. The molecule has 1 heterocycles. The molecule has 5 heteroatoms. The van der Waals surface area contributed by atoms with Gasteiger partial charge in [0.15, 0.2) is 5.82 Å². The maximum absolute atomic E-state index is 13.3. The lowest BCUT2D eigenvalue weighted by Gasteiger charge is -2.36. The number of hydrogen-bond donors (Lipinski definition) is 1. The molecular formula is C18H21F2N3. The van der Waals surface area contributed by atoms with Crippen molar-refractivity contribution in [1.82, 2.24) is 15.2 Å². The van der Waals surface area contributed by atoms with Crippen LogP contribution in [0.15, 0.2) is 18.7 Å². The Hall–Kier alpha value is -2.04. The van der Waals surface area contributed by atoms with Crippen molar-refractivity contribution in [3.8, 4) is 11.4 Å². The topological polar surface area (TPSA) is 41.6 Å². The molecule has 1 saturated carbocycles. The SMILES string of the molecule is C=C(C)c1cc(-c2n[nH]c(CC)n2)c(C2CC(F)(F)C2)cc1C. The molecule has 1 aromatic carbocycles. The standard InChI is InChI=1S/C18H21F2N3/c1-5-16-21-17(23-22-16)15-7-13(10(2)3)11(4)6-14(15)12-8-18(19,20)9-12/h6-7,12H,2,5,8-9H2,1,3-4H3,(H,21,22,23). The summed E-state index contributed by atoms with van der Waals surface area (Å²) in [5.74, 6) is -1.31. The molecule has 0 amide bonds. The van der Waals surface area contributed by atoms with Crippen LogP contribution < -0.4 is 0 Å². The summed E-state index contributed by atoms with van der Waals surface area (Å²) in [4.78, 5) is 4.48. The predicted molar refractivity (Wildman–Crippen MR) is 87.6 cm³/mol. The monoisotopic (exact) mass is 317 g/mol. The van der Waals surface area contributed by atoms with E-state index in [0.29, 0.717) is 5.82 Å². The lowest BCUT2D eigenvalue weighted by molar-refractivity contribution is -0.0866. The van der Waals surface area contributed by atoms with Gasteiger partial charge in [-0.05, 0) is 42.5 Å². The fraction of sp³-hybridized carbons (Fsp3) is 0.444. The van der Waals surface area contributed by atoms with Crippen LogP contribution in [0.4, 0.5) is 8.78 Å². The Balaban J connectivity index is 2.10. The van der Waals surface area contributed by atoms with Crippen LogP contribution in [0.2, 0.25) is 0 Å². The number of H-pyrrole nitrogens is 1. The van der Waals surface area contributed by atoms with Crippen molar-refractivity contribution in [2.45, 2.75) is 51.9 Å². The molecule has 0 atom stereocenters. The number of halogens is 2. The molecule has 0 unspecified atom stereocenters. The number of hydrogen-bond acceptors (Lipinski definition) is 2. The molecule has 1 fully saturated rings. The minimum Gasteiger partial charge on any atom is -0.263 e. The smallest absolute Gasteiger partial charge is 0.249 e. The summed E-state index contributed by atoms with van der Waals surface area (Å²) < 4.78 is 26.6. The quantitative estimate of drug-likeness (QED) is 0.872. The van der Waals surface area contributed by atoms with E-state index in [-0.39, 0.29) is 18.8 Å². The van der Waals surface area contributed by atoms with E-state index in [2.05, 4.69) is 21.8 Å². The van der Waals surface area contributed by atoms with E-state index >= 15 is 0 Å². The fourth-order valence-corrected chi connectivity index (χ4v) is 3.18. The second-order valence-electron chi connectivity index (χ2n) is 6.46. The summed E-state index contributed by atoms with van der Waals surface area (Å²) in [6.07, 6.45) is 0.552. The lowest BCUT2D eigenvalue weighted by Crippen LogP contribution is -2.34. The first-order valence-electron chi connectivity index (χ1n) is 7.90. The van der Waals surface area contributed by atoms with E-state index in [4.69, 9.17) is 0 Å². The number of aromatic nitrogens is 3. The van der Waals surface area contributed by atoms with Gasteiger partial charge in [0.25, 0.3) is 0 Å². The lowest BCUT2D eigenvalue weighted by atomic mass is 9.74. The number of rotatable bonds is 4. The van der Waals surface area contributed by atoms with Gasteiger partial charge in [-0.25, -0.2) is 13.8 Å². The average Bonchev–Trinajstić information content (AvgIpc) is 2.92. The highest BCUT2D eigenvalue weighted by molar-refractivity contribution is 5.73. The molecule has 0 radical (unpaired) electrons. The molecule has 0 aliphatic heterocycles. The van der Waals surface area contributed by atoms with Crippen molar-refractivity contribution < 1.29 is 8.78 Å². The molecule has 0 bridgehead atoms. The molecule has 0 saturated heterocycles. The molecule has 1 aromatic heterocycles. The van der Waals surface area contributed by atoms with Gasteiger partial charge in [0.2, 0.25) is 5.92 Å². The number of aromatic amines is 1. The minimum absolute atomic E-state index is 0.100. The van der Waals surface area contributed by atoms with Crippen LogP contribution in [0.3, 0.4) is 0 Å². The van der Waals surface area contributed by atoms with E-state index in [1.54, 1.807) is 0 Å². The second-order valence-corrected chi connectivity index (χ2v) is 6.46. The summed E-state index contributed by atoms with van der Waals surface area (Å²) in [6, 6.07) is 3.99. The molecule has 3 rings (SSSR count). The predicted octanol–water partition coefficient (Wildman–Crippen LogP) is 4.89. The third kappa shape index (κ3) is 2.92. The fourth-order valence-electron chi connectivity index (χ4n) is 3.18. The van der Waals surface area contributed by atoms with Crippen LogP contribution in [0.25, 0.3) is 17.0 Å². The highest BCUT2D eigenvalue weighted by Gasteiger charge is 2.46. The van der Waals surface area contributed by atoms with Gasteiger partial charge in [-0.2, -0.15) is 5.10 Å². The van der Waals surface area contributed by atoms with Crippen LogP contribution in [0.1, 0.15) is 55.1 Å². The Morgan fingerprint density at radius 1 is 1.39 bits per heavy atom. The zero-order chi connectivity index (χ0) is 16.8. The summed E-state index contributed by atoms with van der Waals surface area (Å²) >= 11 is 0. The normalized spacial score (nSPS) is 17.1. The summed E-state index contributed by atoms with van der Waals surface area (Å²) in [7, 11) is 0. The summed E-state index contributed by atoms with van der Waals surface area (Å²) in [5, 5.41) is 7.18. The Morgan fingerprint density at radius 3 is 2.61 bits per heavy atom. The number of nitrogens with one attached hydrogen (secondary N) is 1. The highest BCUT2D eigenvalue weighted by Crippen LogP contribution is 2.50. The van der Waals surface area contributed by atoms with Crippen molar-refractivity contribution in [2.24, 2.45) is 0 Å². The maximum Gasteiger partial charge on any atom is 0.249 e. The van der Waals surface area contributed by atoms with Crippen molar-refractivity contribution in [1.29, 1.82) is 0 Å². The van der Waals surface area contributed by atoms with Gasteiger partial charge in [0.1, 0.15) is 5.82 Å². The van der Waals surface area contributed by atoms with E-state index in [0.717, 1.165) is 40.1 Å². The number of aryl methyl sites for hydroxylation is 2. The first-order chi connectivity index (χ1) is 10.8. The largest absolute Gasteiger partial charge is 0.263 e. The van der Waals surface area contributed by atoms with Crippen LogP contribution in [-0.2, 0) is 6.42 Å². The number of alkyl halides is 2. The van der Waals surface area contributed by atoms with E-state index in [9.17, 15) is 8.78 Å². The van der Waals surface area contributed by atoms with Crippen LogP contribution >= 0.6 is 0 Å². The van der Waals surface area contributed by atoms with Crippen molar-refractivity contribution in [3.63, 3.8) is 0 Å². The average molecular weight is 317 g/mol. The van der Waals surface area contributed by atoms with E-state index in [1.807, 2.05) is 32.9 Å². The van der Waals surface area contributed by atoms with Crippen molar-refractivity contribution >= 4 is 5.57 Å². The molecular weight excluding hydrogens is 296 g/mol. The Kier molecular flexibility index (Phi) is 3.82. The Morgan fingerprint density at radius 2 is 2.09 bits per heavy atom. The van der Waals surface area contributed by atoms with Gasteiger partial charge in [-0.3, -0.25) is 5.10 Å². The van der Waals surface area contributed by atoms with Gasteiger partial charge >= 0.3 is 0 Å². The highest BCUT2D eigenvalue weighted by atomic mass is 19.3. The van der Waals surface area contributed by atoms with Gasteiger partial charge < -0.3 is 0 Å². The van der Waals surface area contributed by atoms with Crippen molar-refractivity contribution in [3.05, 3.63) is 41.2 Å². The third-order valence-corrected chi connectivity index (χ3v) is 4.49. The maximum atomic E-state index is 13.3. The van der Waals surface area contributed by atoms with Crippen LogP contribution in [-0.4, -0.2) is 21.1 Å². The zero-order valence-corrected chi connectivity index (χ0v) is 13.7. The number of benzene rings is 1. The van der Waals surface area contributed by atoms with Gasteiger partial charge in [-0.1, -0.05) is 25.1 Å². The minimum atomic E-state index is -2.55. The van der Waals surface area contributed by atoms with Gasteiger partial charge in [0, 0.05) is 24.8 Å².